The molecular formula is C17H20N4S. The topological polar surface area (TPSA) is 22.1 Å². The number of fused-ring (bicyclic) bond motifs is 2. The lowest BCUT2D eigenvalue weighted by Crippen LogP contribution is -2.47. The highest BCUT2D eigenvalue weighted by molar-refractivity contribution is 7.08. The van der Waals surface area contributed by atoms with Gasteiger partial charge in [0.1, 0.15) is 0 Å². The van der Waals surface area contributed by atoms with Crippen LogP contribution in [0.2, 0.25) is 0 Å². The quantitative estimate of drug-likeness (QED) is 0.799. The van der Waals surface area contributed by atoms with Gasteiger partial charge < -0.3 is 14.7 Å². The molecule has 0 amide bonds. The Morgan fingerprint density at radius 1 is 1.00 bits per heavy atom. The molecule has 0 spiro atoms. The number of hydrogen-bond donors (Lipinski definition) is 0. The fourth-order valence-electron chi connectivity index (χ4n) is 3.11. The molecule has 0 unspecified atom stereocenters. The van der Waals surface area contributed by atoms with Crippen LogP contribution in [0.5, 0.6) is 0 Å². The van der Waals surface area contributed by atoms with Crippen LogP contribution in [-0.2, 0) is 0 Å². The van der Waals surface area contributed by atoms with Crippen molar-refractivity contribution < 1.29 is 0 Å². The van der Waals surface area contributed by atoms with E-state index in [4.69, 9.17) is 4.99 Å². The highest BCUT2D eigenvalue weighted by Crippen LogP contribution is 2.32. The van der Waals surface area contributed by atoms with Gasteiger partial charge >= 0.3 is 0 Å². The summed E-state index contributed by atoms with van der Waals surface area (Å²) in [5.74, 6) is 0. The number of nitrogens with zero attached hydrogens (tertiary/aromatic N) is 4. The third-order valence-corrected chi connectivity index (χ3v) is 5.18. The third kappa shape index (κ3) is 2.30. The lowest BCUT2D eigenvalue weighted by Gasteiger charge is -2.34. The van der Waals surface area contributed by atoms with Crippen molar-refractivity contribution in [3.05, 3.63) is 39.5 Å². The van der Waals surface area contributed by atoms with Crippen molar-refractivity contribution in [3.8, 4) is 0 Å². The van der Waals surface area contributed by atoms with Crippen molar-refractivity contribution in [1.82, 2.24) is 4.90 Å². The molecule has 4 rings (SSSR count). The van der Waals surface area contributed by atoms with Gasteiger partial charge in [-0.25, -0.2) is 4.99 Å². The molecule has 1 fully saturated rings. The van der Waals surface area contributed by atoms with Crippen LogP contribution < -0.4 is 20.4 Å². The predicted molar refractivity (Wildman–Crippen MR) is 93.8 cm³/mol. The van der Waals surface area contributed by atoms with Gasteiger partial charge in [-0.3, -0.25) is 0 Å². The zero-order valence-corrected chi connectivity index (χ0v) is 13.8. The lowest BCUT2D eigenvalue weighted by atomic mass is 10.2. The molecule has 1 saturated heterocycles. The van der Waals surface area contributed by atoms with Crippen molar-refractivity contribution in [2.45, 2.75) is 0 Å². The molecule has 0 atom stereocenters. The van der Waals surface area contributed by atoms with Crippen molar-refractivity contribution in [1.29, 1.82) is 0 Å². The van der Waals surface area contributed by atoms with Crippen LogP contribution in [0, 0.1) is 0 Å². The van der Waals surface area contributed by atoms with Gasteiger partial charge in [-0.05, 0) is 13.1 Å². The molecule has 0 saturated carbocycles. The second-order valence-electron chi connectivity index (χ2n) is 6.00. The molecule has 0 aliphatic carbocycles. The fraction of sp³-hybridized carbons (Fsp3) is 0.353. The minimum atomic E-state index is 1.06. The Morgan fingerprint density at radius 2 is 1.82 bits per heavy atom. The van der Waals surface area contributed by atoms with E-state index in [1.54, 1.807) is 11.3 Å². The van der Waals surface area contributed by atoms with E-state index in [1.807, 2.05) is 0 Å². The van der Waals surface area contributed by atoms with Crippen molar-refractivity contribution in [2.75, 3.05) is 50.1 Å². The van der Waals surface area contributed by atoms with E-state index in [-0.39, 0.29) is 0 Å². The van der Waals surface area contributed by atoms with Crippen LogP contribution in [0.15, 0.2) is 34.0 Å². The summed E-state index contributed by atoms with van der Waals surface area (Å²) in [6.07, 6.45) is 2.19. The summed E-state index contributed by atoms with van der Waals surface area (Å²) in [5, 5.41) is 6.60. The van der Waals surface area contributed by atoms with Crippen LogP contribution in [0.4, 0.5) is 17.1 Å². The van der Waals surface area contributed by atoms with Crippen LogP contribution in [0.25, 0.3) is 6.20 Å². The van der Waals surface area contributed by atoms with E-state index >= 15 is 0 Å². The molecule has 0 radical (unpaired) electrons. The summed E-state index contributed by atoms with van der Waals surface area (Å²) in [4.78, 5) is 12.0. The van der Waals surface area contributed by atoms with Gasteiger partial charge in [-0.1, -0.05) is 12.1 Å². The maximum absolute atomic E-state index is 4.99. The average molecular weight is 312 g/mol. The number of para-hydroxylation sites is 1. The Bertz CT molecular complexity index is 802. The van der Waals surface area contributed by atoms with E-state index in [9.17, 15) is 0 Å². The maximum atomic E-state index is 4.99. The van der Waals surface area contributed by atoms with E-state index in [1.165, 1.54) is 16.6 Å². The molecule has 2 aromatic rings. The zero-order chi connectivity index (χ0) is 15.1. The summed E-state index contributed by atoms with van der Waals surface area (Å²) >= 11 is 1.71. The molecule has 22 heavy (non-hydrogen) atoms. The number of anilines is 2. The molecule has 114 valence electrons. The molecule has 2 aliphatic rings. The number of rotatable bonds is 1. The van der Waals surface area contributed by atoms with Gasteiger partial charge in [-0.2, -0.15) is 0 Å². The number of benzene rings is 1. The molecular weight excluding hydrogens is 292 g/mol. The van der Waals surface area contributed by atoms with E-state index in [0.717, 1.165) is 37.2 Å². The van der Waals surface area contributed by atoms with Crippen LogP contribution in [-0.4, -0.2) is 45.2 Å². The van der Waals surface area contributed by atoms with Gasteiger partial charge in [0.05, 0.1) is 22.4 Å². The summed E-state index contributed by atoms with van der Waals surface area (Å²) in [6.45, 7) is 4.34. The van der Waals surface area contributed by atoms with Crippen molar-refractivity contribution in [3.63, 3.8) is 0 Å². The van der Waals surface area contributed by atoms with Gasteiger partial charge in [0, 0.05) is 55.4 Å². The molecule has 5 heteroatoms. The number of piperazine rings is 1. The van der Waals surface area contributed by atoms with Gasteiger partial charge in [0.15, 0.2) is 0 Å². The maximum Gasteiger partial charge on any atom is 0.0981 e. The Morgan fingerprint density at radius 3 is 2.64 bits per heavy atom. The Hall–Kier alpha value is -1.85. The van der Waals surface area contributed by atoms with Crippen LogP contribution in [0.1, 0.15) is 0 Å². The first-order valence-electron chi connectivity index (χ1n) is 7.64. The third-order valence-electron chi connectivity index (χ3n) is 4.46. The fourth-order valence-corrected chi connectivity index (χ4v) is 3.89. The summed E-state index contributed by atoms with van der Waals surface area (Å²) in [6, 6.07) is 6.51. The highest BCUT2D eigenvalue weighted by atomic mass is 32.1. The molecule has 1 aromatic carbocycles. The number of likely N-dealkylation sites (N-methyl/N-ethyl adjacent to an activating group) is 1. The smallest absolute Gasteiger partial charge is 0.0981 e. The summed E-state index contributed by atoms with van der Waals surface area (Å²) < 4.78 is 0. The first kappa shape index (κ1) is 13.8. The normalized spacial score (nSPS) is 18.1. The van der Waals surface area contributed by atoms with Crippen LogP contribution >= 0.6 is 11.3 Å². The van der Waals surface area contributed by atoms with Crippen molar-refractivity contribution in [2.24, 2.45) is 4.99 Å². The van der Waals surface area contributed by atoms with Crippen molar-refractivity contribution >= 4 is 34.6 Å². The molecule has 0 N–H and O–H groups in total. The molecule has 3 heterocycles. The Kier molecular flexibility index (Phi) is 3.39. The highest BCUT2D eigenvalue weighted by Gasteiger charge is 2.17. The second-order valence-corrected chi connectivity index (χ2v) is 6.74. The molecule has 4 nitrogen and oxygen atoms in total. The van der Waals surface area contributed by atoms with Gasteiger partial charge in [-0.15, -0.1) is 11.3 Å². The Labute approximate surface area is 134 Å². The first-order chi connectivity index (χ1) is 10.7. The van der Waals surface area contributed by atoms with E-state index in [2.05, 4.69) is 64.0 Å². The monoisotopic (exact) mass is 312 g/mol. The van der Waals surface area contributed by atoms with Gasteiger partial charge in [0.25, 0.3) is 0 Å². The van der Waals surface area contributed by atoms with E-state index in [0.29, 0.717) is 0 Å². The minimum Gasteiger partial charge on any atom is -0.367 e. The van der Waals surface area contributed by atoms with E-state index < -0.39 is 0 Å². The summed E-state index contributed by atoms with van der Waals surface area (Å²) in [5.41, 5.74) is 3.52. The number of hydrogen-bond acceptors (Lipinski definition) is 5. The molecule has 0 bridgehead atoms. The summed E-state index contributed by atoms with van der Waals surface area (Å²) in [7, 11) is 4.28. The zero-order valence-electron chi connectivity index (χ0n) is 13.0. The van der Waals surface area contributed by atoms with Crippen LogP contribution in [0.3, 0.4) is 0 Å². The number of thiophene rings is 1. The van der Waals surface area contributed by atoms with Gasteiger partial charge in [0.2, 0.25) is 0 Å². The molecule has 1 aromatic heterocycles. The largest absolute Gasteiger partial charge is 0.367 e. The predicted octanol–water partition coefficient (Wildman–Crippen LogP) is 1.64. The Balaban J connectivity index is 1.88. The second kappa shape index (κ2) is 5.41. The minimum absolute atomic E-state index is 1.06. The SMILES string of the molecule is CN1CCN(c2cccc3c2=Nc2cscc2N(C)C=3)CC1. The lowest BCUT2D eigenvalue weighted by molar-refractivity contribution is 0.312. The average Bonchev–Trinajstić information content (AvgIpc) is 2.93. The standard InChI is InChI=1S/C17H20N4S/c1-19-6-8-21(9-7-19)15-5-3-4-13-10-20(2)16-12-22-11-14(16)18-17(13)15/h3-5,10-12H,6-9H2,1-2H3. The first-order valence-corrected chi connectivity index (χ1v) is 8.59. The molecule has 2 aliphatic heterocycles.